The Morgan fingerprint density at radius 1 is 1.22 bits per heavy atom. The number of methoxy groups -OCH3 is 1. The second kappa shape index (κ2) is 8.21. The summed E-state index contributed by atoms with van der Waals surface area (Å²) in [6.07, 6.45) is 6.14. The molecular weight excluding hydrogens is 314 g/mol. The first-order valence-electron chi connectivity index (χ1n) is 7.81. The van der Waals surface area contributed by atoms with Crippen LogP contribution < -0.4 is 20.1 Å². The van der Waals surface area contributed by atoms with E-state index in [1.54, 1.807) is 7.11 Å². The second-order valence-corrected chi connectivity index (χ2v) is 7.37. The van der Waals surface area contributed by atoms with E-state index in [2.05, 4.69) is 27.5 Å². The molecule has 0 spiro atoms. The summed E-state index contributed by atoms with van der Waals surface area (Å²) >= 11 is 0. The lowest BCUT2D eigenvalue weighted by atomic mass is 10.0. The van der Waals surface area contributed by atoms with Gasteiger partial charge >= 0.3 is 0 Å². The number of benzene rings is 1. The summed E-state index contributed by atoms with van der Waals surface area (Å²) in [5.41, 5.74) is 3.26. The first-order valence-corrected chi connectivity index (χ1v) is 9.70. The summed E-state index contributed by atoms with van der Waals surface area (Å²) in [7, 11) is -1.39. The molecule has 128 valence electrons. The predicted octanol–water partition coefficient (Wildman–Crippen LogP) is 1.77. The predicted molar refractivity (Wildman–Crippen MR) is 94.2 cm³/mol. The Hall–Kier alpha value is -1.73. The number of fused-ring (bicyclic) bond motifs is 1. The molecule has 0 amide bonds. The van der Waals surface area contributed by atoms with Gasteiger partial charge in [0, 0.05) is 30.9 Å². The van der Waals surface area contributed by atoms with Crippen molar-refractivity contribution >= 4 is 21.4 Å². The van der Waals surface area contributed by atoms with Crippen LogP contribution in [0.2, 0.25) is 0 Å². The van der Waals surface area contributed by atoms with Crippen molar-refractivity contribution in [3.8, 4) is 5.75 Å². The minimum atomic E-state index is -3.07. The molecule has 1 aliphatic heterocycles. The van der Waals surface area contributed by atoms with E-state index >= 15 is 0 Å². The van der Waals surface area contributed by atoms with E-state index in [1.165, 1.54) is 6.26 Å². The number of hydrogen-bond donors (Lipinski definition) is 3. The Morgan fingerprint density at radius 2 is 2.00 bits per heavy atom. The van der Waals surface area contributed by atoms with Crippen LogP contribution in [0, 0.1) is 0 Å². The molecule has 0 saturated carbocycles. The topological polar surface area (TPSA) is 79.5 Å². The maximum Gasteiger partial charge on any atom is 0.208 e. The number of ether oxygens (including phenoxy) is 1. The van der Waals surface area contributed by atoms with E-state index in [0.717, 1.165) is 55.0 Å². The van der Waals surface area contributed by atoms with Gasteiger partial charge in [0.25, 0.3) is 0 Å². The van der Waals surface area contributed by atoms with Crippen molar-refractivity contribution in [1.29, 1.82) is 0 Å². The van der Waals surface area contributed by atoms with Crippen molar-refractivity contribution in [3.05, 3.63) is 29.8 Å². The molecule has 0 aromatic heterocycles. The van der Waals surface area contributed by atoms with Crippen LogP contribution in [0.25, 0.3) is 5.70 Å². The highest BCUT2D eigenvalue weighted by atomic mass is 32.2. The molecule has 0 bridgehead atoms. The normalized spacial score (nSPS) is 13.7. The molecule has 1 aromatic carbocycles. The van der Waals surface area contributed by atoms with E-state index in [4.69, 9.17) is 4.74 Å². The third kappa shape index (κ3) is 5.44. The molecule has 0 atom stereocenters. The van der Waals surface area contributed by atoms with Crippen LogP contribution in [-0.2, 0) is 10.0 Å². The lowest BCUT2D eigenvalue weighted by Gasteiger charge is -2.22. The molecule has 1 aliphatic rings. The summed E-state index contributed by atoms with van der Waals surface area (Å²) in [4.78, 5) is 0. The standard InChI is InChI=1S/C16H25N3O3S/c1-22-15-8-6-7-13-14(9-12-18-16(13)15)17-10-4-3-5-11-19-23(2,20)21/h6-9,17-19H,3-5,10-12H2,1-2H3. The Labute approximate surface area is 138 Å². The third-order valence-corrected chi connectivity index (χ3v) is 4.38. The van der Waals surface area contributed by atoms with Crippen LogP contribution in [0.3, 0.4) is 0 Å². The molecular formula is C16H25N3O3S. The fourth-order valence-electron chi connectivity index (χ4n) is 2.55. The molecule has 7 heteroatoms. The van der Waals surface area contributed by atoms with Gasteiger partial charge in [-0.25, -0.2) is 13.1 Å². The van der Waals surface area contributed by atoms with E-state index in [-0.39, 0.29) is 0 Å². The number of para-hydroxylation sites is 1. The highest BCUT2D eigenvalue weighted by Gasteiger charge is 2.15. The maximum atomic E-state index is 10.9. The van der Waals surface area contributed by atoms with Gasteiger partial charge in [-0.2, -0.15) is 0 Å². The first kappa shape index (κ1) is 17.6. The summed E-state index contributed by atoms with van der Waals surface area (Å²) in [6, 6.07) is 6.00. The summed E-state index contributed by atoms with van der Waals surface area (Å²) in [6.45, 7) is 2.14. The van der Waals surface area contributed by atoms with Crippen molar-refractivity contribution in [3.63, 3.8) is 0 Å². The Balaban J connectivity index is 1.76. The average Bonchev–Trinajstić information content (AvgIpc) is 2.52. The number of hydrogen-bond acceptors (Lipinski definition) is 5. The Morgan fingerprint density at radius 3 is 2.74 bits per heavy atom. The van der Waals surface area contributed by atoms with E-state index in [0.29, 0.717) is 6.54 Å². The van der Waals surface area contributed by atoms with Gasteiger partial charge in [0.15, 0.2) is 0 Å². The van der Waals surface area contributed by atoms with Crippen molar-refractivity contribution in [2.45, 2.75) is 19.3 Å². The van der Waals surface area contributed by atoms with Crippen LogP contribution in [0.4, 0.5) is 5.69 Å². The smallest absolute Gasteiger partial charge is 0.208 e. The highest BCUT2D eigenvalue weighted by Crippen LogP contribution is 2.34. The highest BCUT2D eigenvalue weighted by molar-refractivity contribution is 7.88. The quantitative estimate of drug-likeness (QED) is 0.598. The van der Waals surface area contributed by atoms with Crippen molar-refractivity contribution in [2.75, 3.05) is 38.3 Å². The maximum absolute atomic E-state index is 10.9. The van der Waals surface area contributed by atoms with Gasteiger partial charge in [0.2, 0.25) is 10.0 Å². The molecule has 0 aliphatic carbocycles. The van der Waals surface area contributed by atoms with E-state index in [1.807, 2.05) is 12.1 Å². The lowest BCUT2D eigenvalue weighted by Crippen LogP contribution is -2.23. The molecule has 0 radical (unpaired) electrons. The molecule has 0 saturated heterocycles. The zero-order valence-electron chi connectivity index (χ0n) is 13.7. The van der Waals surface area contributed by atoms with Crippen LogP contribution in [0.5, 0.6) is 5.75 Å². The first-order chi connectivity index (χ1) is 11.0. The molecule has 6 nitrogen and oxygen atoms in total. The van der Waals surface area contributed by atoms with Crippen LogP contribution in [0.15, 0.2) is 24.3 Å². The molecule has 0 fully saturated rings. The van der Waals surface area contributed by atoms with Crippen LogP contribution in [-0.4, -0.2) is 41.4 Å². The number of rotatable bonds is 9. The van der Waals surface area contributed by atoms with Crippen molar-refractivity contribution < 1.29 is 13.2 Å². The zero-order chi connectivity index (χ0) is 16.7. The van der Waals surface area contributed by atoms with Crippen LogP contribution in [0.1, 0.15) is 24.8 Å². The number of sulfonamides is 1. The number of nitrogens with one attached hydrogen (secondary N) is 3. The van der Waals surface area contributed by atoms with Gasteiger partial charge in [-0.15, -0.1) is 0 Å². The van der Waals surface area contributed by atoms with Crippen LogP contribution >= 0.6 is 0 Å². The number of unbranched alkanes of at least 4 members (excludes halogenated alkanes) is 2. The summed E-state index contributed by atoms with van der Waals surface area (Å²) in [5.74, 6) is 0.849. The SMILES string of the molecule is COc1cccc2c1NCC=C2NCCCCCNS(C)(=O)=O. The van der Waals surface area contributed by atoms with Gasteiger partial charge in [-0.1, -0.05) is 18.6 Å². The Bertz CT molecular complexity index is 657. The molecule has 0 unspecified atom stereocenters. The average molecular weight is 339 g/mol. The summed E-state index contributed by atoms with van der Waals surface area (Å²) in [5, 5.41) is 6.80. The van der Waals surface area contributed by atoms with Crippen molar-refractivity contribution in [2.24, 2.45) is 0 Å². The monoisotopic (exact) mass is 339 g/mol. The third-order valence-electron chi connectivity index (χ3n) is 3.65. The molecule has 2 rings (SSSR count). The fraction of sp³-hybridized carbons (Fsp3) is 0.500. The Kier molecular flexibility index (Phi) is 6.29. The minimum absolute atomic E-state index is 0.505. The zero-order valence-corrected chi connectivity index (χ0v) is 14.5. The van der Waals surface area contributed by atoms with Gasteiger partial charge in [0.1, 0.15) is 5.75 Å². The second-order valence-electron chi connectivity index (χ2n) is 5.54. The van der Waals surface area contributed by atoms with Gasteiger partial charge in [0.05, 0.1) is 19.1 Å². The van der Waals surface area contributed by atoms with Gasteiger partial charge in [-0.3, -0.25) is 0 Å². The van der Waals surface area contributed by atoms with E-state index < -0.39 is 10.0 Å². The lowest BCUT2D eigenvalue weighted by molar-refractivity contribution is 0.416. The largest absolute Gasteiger partial charge is 0.495 e. The van der Waals surface area contributed by atoms with Gasteiger partial charge < -0.3 is 15.4 Å². The molecule has 3 N–H and O–H groups in total. The van der Waals surface area contributed by atoms with Gasteiger partial charge in [-0.05, 0) is 25.0 Å². The molecule has 1 aromatic rings. The summed E-state index contributed by atoms with van der Waals surface area (Å²) < 4.78 is 29.8. The van der Waals surface area contributed by atoms with Crippen molar-refractivity contribution in [1.82, 2.24) is 10.0 Å². The molecule has 23 heavy (non-hydrogen) atoms. The van der Waals surface area contributed by atoms with E-state index in [9.17, 15) is 8.42 Å². The number of anilines is 1. The minimum Gasteiger partial charge on any atom is -0.495 e. The molecule has 1 heterocycles. The fourth-order valence-corrected chi connectivity index (χ4v) is 3.06.